The number of amides is 3. The number of piperidine rings is 1. The van der Waals surface area contributed by atoms with Crippen LogP contribution in [0.25, 0.3) is 0 Å². The maximum Gasteiger partial charge on any atom is 0.324 e. The van der Waals surface area contributed by atoms with Crippen LogP contribution in [0, 0.1) is 5.92 Å². The number of ether oxygens (including phenoxy) is 2. The van der Waals surface area contributed by atoms with Crippen molar-refractivity contribution in [3.05, 3.63) is 24.3 Å². The van der Waals surface area contributed by atoms with Crippen LogP contribution in [0.2, 0.25) is 0 Å². The van der Waals surface area contributed by atoms with Crippen LogP contribution in [-0.2, 0) is 24.3 Å². The Morgan fingerprint density at radius 2 is 1.77 bits per heavy atom. The molecule has 11 heteroatoms. The maximum atomic E-state index is 12.8. The van der Waals surface area contributed by atoms with Gasteiger partial charge in [0.2, 0.25) is 10.0 Å². The van der Waals surface area contributed by atoms with Gasteiger partial charge in [-0.3, -0.25) is 14.5 Å². The van der Waals surface area contributed by atoms with Crippen molar-refractivity contribution in [3.63, 3.8) is 0 Å². The van der Waals surface area contributed by atoms with Crippen molar-refractivity contribution in [2.45, 2.75) is 30.8 Å². The highest BCUT2D eigenvalue weighted by molar-refractivity contribution is 7.89. The van der Waals surface area contributed by atoms with Crippen LogP contribution in [0.5, 0.6) is 5.75 Å². The molecule has 1 N–H and O–H groups in total. The molecule has 30 heavy (non-hydrogen) atoms. The van der Waals surface area contributed by atoms with Gasteiger partial charge in [0.05, 0.1) is 17.9 Å². The fraction of sp³-hybridized carbons (Fsp3) is 0.526. The van der Waals surface area contributed by atoms with Gasteiger partial charge in [-0.25, -0.2) is 13.2 Å². The number of sulfonamides is 1. The maximum absolute atomic E-state index is 12.8. The lowest BCUT2D eigenvalue weighted by atomic mass is 9.98. The van der Waals surface area contributed by atoms with Crippen molar-refractivity contribution in [3.8, 4) is 5.75 Å². The number of rotatable bonds is 6. The SMILES string of the molecule is COc1ccc(S(=O)(=O)N2CCC(C(=O)OC(C)C(=O)N3CCNC3=O)CC2)cc1. The minimum absolute atomic E-state index is 0.160. The van der Waals surface area contributed by atoms with E-state index in [4.69, 9.17) is 9.47 Å². The minimum Gasteiger partial charge on any atom is -0.497 e. The van der Waals surface area contributed by atoms with E-state index in [0.29, 0.717) is 25.1 Å². The predicted octanol–water partition coefficient (Wildman–Crippen LogP) is 0.579. The number of carbonyl (C=O) groups excluding carboxylic acids is 3. The van der Waals surface area contributed by atoms with E-state index in [2.05, 4.69) is 5.32 Å². The summed E-state index contributed by atoms with van der Waals surface area (Å²) in [7, 11) is -2.17. The molecular formula is C19H25N3O7S. The molecule has 2 heterocycles. The molecule has 2 saturated heterocycles. The molecule has 1 aromatic rings. The number of benzene rings is 1. The third-order valence-electron chi connectivity index (χ3n) is 5.25. The number of nitrogens with zero attached hydrogens (tertiary/aromatic N) is 2. The molecule has 0 spiro atoms. The van der Waals surface area contributed by atoms with Gasteiger partial charge in [-0.15, -0.1) is 0 Å². The van der Waals surface area contributed by atoms with Gasteiger partial charge in [-0.05, 0) is 44.0 Å². The Bertz CT molecular complexity index is 909. The van der Waals surface area contributed by atoms with Crippen LogP contribution in [-0.4, -0.2) is 74.9 Å². The topological polar surface area (TPSA) is 122 Å². The summed E-state index contributed by atoms with van der Waals surface area (Å²) in [6.45, 7) is 2.37. The van der Waals surface area contributed by atoms with Crippen LogP contribution in [0.15, 0.2) is 29.2 Å². The number of imide groups is 1. The smallest absolute Gasteiger partial charge is 0.324 e. The summed E-state index contributed by atoms with van der Waals surface area (Å²) in [5, 5.41) is 2.52. The van der Waals surface area contributed by atoms with Gasteiger partial charge < -0.3 is 14.8 Å². The van der Waals surface area contributed by atoms with Gasteiger partial charge in [0.1, 0.15) is 5.75 Å². The van der Waals surface area contributed by atoms with Gasteiger partial charge >= 0.3 is 12.0 Å². The van der Waals surface area contributed by atoms with Gasteiger partial charge in [0.15, 0.2) is 6.10 Å². The summed E-state index contributed by atoms with van der Waals surface area (Å²) in [6, 6.07) is 5.62. The molecule has 0 bridgehead atoms. The molecule has 10 nitrogen and oxygen atoms in total. The molecule has 164 valence electrons. The monoisotopic (exact) mass is 439 g/mol. The van der Waals surface area contributed by atoms with Crippen molar-refractivity contribution in [1.29, 1.82) is 0 Å². The van der Waals surface area contributed by atoms with Crippen molar-refractivity contribution < 1.29 is 32.3 Å². The van der Waals surface area contributed by atoms with Gasteiger partial charge in [-0.1, -0.05) is 0 Å². The molecule has 3 rings (SSSR count). The second-order valence-electron chi connectivity index (χ2n) is 7.15. The Morgan fingerprint density at radius 1 is 1.13 bits per heavy atom. The largest absolute Gasteiger partial charge is 0.497 e. The highest BCUT2D eigenvalue weighted by Crippen LogP contribution is 2.26. The molecule has 1 unspecified atom stereocenters. The highest BCUT2D eigenvalue weighted by atomic mass is 32.2. The fourth-order valence-corrected chi connectivity index (χ4v) is 4.92. The highest BCUT2D eigenvalue weighted by Gasteiger charge is 2.36. The molecule has 0 saturated carbocycles. The molecule has 2 fully saturated rings. The zero-order valence-corrected chi connectivity index (χ0v) is 17.7. The molecule has 2 aliphatic heterocycles. The first-order chi connectivity index (χ1) is 14.2. The summed E-state index contributed by atoms with van der Waals surface area (Å²) in [6.07, 6.45) is -0.499. The normalized spacial score (nSPS) is 19.3. The molecule has 0 aliphatic carbocycles. The summed E-state index contributed by atoms with van der Waals surface area (Å²) >= 11 is 0. The van der Waals surface area contributed by atoms with E-state index in [1.807, 2.05) is 0 Å². The van der Waals surface area contributed by atoms with Crippen molar-refractivity contribution >= 4 is 27.9 Å². The third-order valence-corrected chi connectivity index (χ3v) is 7.16. The van der Waals surface area contributed by atoms with Crippen LogP contribution < -0.4 is 10.1 Å². The fourth-order valence-electron chi connectivity index (χ4n) is 3.45. The van der Waals surface area contributed by atoms with Crippen LogP contribution in [0.3, 0.4) is 0 Å². The first kappa shape index (κ1) is 22.0. The quantitative estimate of drug-likeness (QED) is 0.643. The number of esters is 1. The Morgan fingerprint density at radius 3 is 2.30 bits per heavy atom. The molecule has 1 atom stereocenters. The molecule has 2 aliphatic rings. The average molecular weight is 439 g/mol. The van der Waals surface area contributed by atoms with Crippen molar-refractivity contribution in [2.75, 3.05) is 33.3 Å². The zero-order valence-electron chi connectivity index (χ0n) is 16.9. The first-order valence-electron chi connectivity index (χ1n) is 9.68. The van der Waals surface area contributed by atoms with E-state index >= 15 is 0 Å². The van der Waals surface area contributed by atoms with E-state index in [9.17, 15) is 22.8 Å². The van der Waals surface area contributed by atoms with E-state index < -0.39 is 40.0 Å². The Kier molecular flexibility index (Phi) is 6.61. The van der Waals surface area contributed by atoms with Crippen LogP contribution in [0.4, 0.5) is 4.79 Å². The van der Waals surface area contributed by atoms with Crippen molar-refractivity contribution in [2.24, 2.45) is 5.92 Å². The van der Waals surface area contributed by atoms with Gasteiger partial charge in [0.25, 0.3) is 5.91 Å². The molecule has 1 aromatic carbocycles. The number of nitrogens with one attached hydrogen (secondary N) is 1. The Labute approximate surface area is 175 Å². The second-order valence-corrected chi connectivity index (χ2v) is 9.09. The van der Waals surface area contributed by atoms with Crippen molar-refractivity contribution in [1.82, 2.24) is 14.5 Å². The Balaban J connectivity index is 1.54. The third kappa shape index (κ3) is 4.57. The lowest BCUT2D eigenvalue weighted by Gasteiger charge is -2.30. The van der Waals surface area contributed by atoms with Crippen LogP contribution >= 0.6 is 0 Å². The molecule has 0 radical (unpaired) electrons. The first-order valence-corrected chi connectivity index (χ1v) is 11.1. The van der Waals surface area contributed by atoms with E-state index in [1.54, 1.807) is 12.1 Å². The number of carbonyl (C=O) groups is 3. The van der Waals surface area contributed by atoms with Gasteiger partial charge in [0, 0.05) is 26.2 Å². The summed E-state index contributed by atoms with van der Waals surface area (Å²) < 4.78 is 37.2. The lowest BCUT2D eigenvalue weighted by molar-refractivity contribution is -0.162. The molecular weight excluding hydrogens is 414 g/mol. The minimum atomic E-state index is -3.67. The molecule has 3 amide bonds. The average Bonchev–Trinajstić information content (AvgIpc) is 3.19. The number of urea groups is 1. The summed E-state index contributed by atoms with van der Waals surface area (Å²) in [5.74, 6) is -1.07. The second kappa shape index (κ2) is 9.00. The molecule has 0 aromatic heterocycles. The van der Waals surface area contributed by atoms with E-state index in [1.165, 1.54) is 30.5 Å². The van der Waals surface area contributed by atoms with E-state index in [0.717, 1.165) is 4.90 Å². The Hall–Kier alpha value is -2.66. The lowest BCUT2D eigenvalue weighted by Crippen LogP contribution is -2.44. The standard InChI is InChI=1S/C19H25N3O7S/c1-13(17(23)22-12-9-20-19(22)25)29-18(24)14-7-10-21(11-8-14)30(26,27)16-5-3-15(28-2)4-6-16/h3-6,13-14H,7-12H2,1-2H3,(H,20,25). The number of methoxy groups -OCH3 is 1. The van der Waals surface area contributed by atoms with Gasteiger partial charge in [-0.2, -0.15) is 4.31 Å². The van der Waals surface area contributed by atoms with E-state index in [-0.39, 0.29) is 24.5 Å². The number of hydrogen-bond acceptors (Lipinski definition) is 7. The summed E-state index contributed by atoms with van der Waals surface area (Å²) in [5.41, 5.74) is 0. The zero-order chi connectivity index (χ0) is 21.9. The predicted molar refractivity (Wildman–Crippen MR) is 105 cm³/mol. The number of hydrogen-bond donors (Lipinski definition) is 1. The van der Waals surface area contributed by atoms with Crippen LogP contribution in [0.1, 0.15) is 19.8 Å². The summed E-state index contributed by atoms with van der Waals surface area (Å²) in [4.78, 5) is 37.4.